The molecular weight excluding hydrogens is 1440 g/mol. The second-order valence-corrected chi connectivity index (χ2v) is 33.7. The van der Waals surface area contributed by atoms with Crippen molar-refractivity contribution in [1.29, 1.82) is 0 Å². The maximum atomic E-state index is 16.9. The lowest BCUT2D eigenvalue weighted by molar-refractivity contribution is -0.140. The molecule has 2 saturated carbocycles. The van der Waals surface area contributed by atoms with Crippen LogP contribution in [0.1, 0.15) is 128 Å². The lowest BCUT2D eigenvalue weighted by Gasteiger charge is -2.43. The van der Waals surface area contributed by atoms with E-state index in [2.05, 4.69) is 19.6 Å². The number of fused-ring (bicyclic) bond motifs is 2. The van der Waals surface area contributed by atoms with E-state index in [1.54, 1.807) is 24.3 Å². The lowest BCUT2D eigenvalue weighted by Crippen LogP contribution is -2.60. The molecule has 10 aliphatic rings. The smallest absolute Gasteiger partial charge is 0.262 e. The number of epoxide rings is 4. The minimum absolute atomic E-state index is 0.133. The van der Waals surface area contributed by atoms with Crippen molar-refractivity contribution in [3.05, 3.63) is 166 Å². The maximum absolute atomic E-state index is 16.9. The minimum atomic E-state index is -1.15. The predicted octanol–water partition coefficient (Wildman–Crippen LogP) is 13.7. The number of aryl methyl sites for hydroxylation is 4. The summed E-state index contributed by atoms with van der Waals surface area (Å²) in [6, 6.07) is 35.1. The molecule has 2 aliphatic carbocycles. The van der Waals surface area contributed by atoms with Gasteiger partial charge in [-0.25, -0.2) is 0 Å². The van der Waals surface area contributed by atoms with Gasteiger partial charge in [-0.05, 0) is 160 Å². The summed E-state index contributed by atoms with van der Waals surface area (Å²) in [5.41, 5.74) is 4.12. The summed E-state index contributed by atoms with van der Waals surface area (Å²) in [6.45, 7) is 22.0. The molecule has 592 valence electrons. The molecule has 6 amide bonds. The molecule has 22 nitrogen and oxygen atoms in total. The molecule has 9 aromatic rings. The average molecular weight is 1540 g/mol. The summed E-state index contributed by atoms with van der Waals surface area (Å²) in [4.78, 5) is 116. The Bertz CT molecular complexity index is 4680. The van der Waals surface area contributed by atoms with Crippen LogP contribution in [0.3, 0.4) is 0 Å². The van der Waals surface area contributed by atoms with Crippen molar-refractivity contribution in [2.24, 2.45) is 11.8 Å². The molecule has 6 unspecified atom stereocenters. The Labute approximate surface area is 664 Å². The van der Waals surface area contributed by atoms with Crippen LogP contribution in [-0.2, 0) is 28.5 Å². The number of rotatable bonds is 28. The van der Waals surface area contributed by atoms with E-state index in [9.17, 15) is 0 Å². The molecule has 0 N–H and O–H groups in total. The third kappa shape index (κ3) is 15.1. The highest BCUT2D eigenvalue weighted by Crippen LogP contribution is 2.59. The normalized spacial score (nSPS) is 21.9. The third-order valence-electron chi connectivity index (χ3n) is 25.4. The van der Waals surface area contributed by atoms with E-state index >= 15 is 28.8 Å². The number of ether oxygens (including phenoxy) is 8. The lowest BCUT2D eigenvalue weighted by atomic mass is 9.78. The van der Waals surface area contributed by atoms with Crippen molar-refractivity contribution in [1.82, 2.24) is 39.2 Å². The van der Waals surface area contributed by atoms with Gasteiger partial charge in [0, 0.05) is 148 Å². The highest BCUT2D eigenvalue weighted by molar-refractivity contribution is 6.45. The Kier molecular flexibility index (Phi) is 20.4. The van der Waals surface area contributed by atoms with Gasteiger partial charge in [-0.1, -0.05) is 87.1 Å². The Morgan fingerprint density at radius 1 is 0.368 bits per heavy atom. The Morgan fingerprint density at radius 2 is 0.640 bits per heavy atom. The van der Waals surface area contributed by atoms with Crippen LogP contribution in [-0.4, -0.2) is 242 Å². The molecule has 8 heterocycles. The quantitative estimate of drug-likeness (QED) is 0.0193. The summed E-state index contributed by atoms with van der Waals surface area (Å²) in [5.74, 6) is -1.26. The largest absolute Gasteiger partial charge is 0.457 e. The first-order chi connectivity index (χ1) is 55.6. The number of nitrogens with zero attached hydrogens (tertiary/aromatic N) is 8. The molecule has 9 aromatic carbocycles. The van der Waals surface area contributed by atoms with Crippen molar-refractivity contribution in [2.45, 2.75) is 128 Å². The van der Waals surface area contributed by atoms with Crippen LogP contribution in [0.2, 0.25) is 0 Å². The number of carbonyl (C=O) groups is 6. The first kappa shape index (κ1) is 74.5. The molecule has 22 heteroatoms. The van der Waals surface area contributed by atoms with Crippen LogP contribution < -0.4 is 18.9 Å². The van der Waals surface area contributed by atoms with Gasteiger partial charge >= 0.3 is 0 Å². The van der Waals surface area contributed by atoms with Crippen LogP contribution in [0.5, 0.6) is 46.0 Å². The van der Waals surface area contributed by atoms with Crippen LogP contribution >= 0.6 is 0 Å². The molecule has 114 heavy (non-hydrogen) atoms. The van der Waals surface area contributed by atoms with Gasteiger partial charge in [0.1, 0.15) is 58.1 Å². The zero-order valence-corrected chi connectivity index (χ0v) is 65.7. The number of hydrogen-bond donors (Lipinski definition) is 0. The van der Waals surface area contributed by atoms with Crippen molar-refractivity contribution < 1.29 is 66.7 Å². The Hall–Kier alpha value is -9.62. The van der Waals surface area contributed by atoms with Crippen LogP contribution in [0, 0.1) is 39.5 Å². The van der Waals surface area contributed by atoms with Gasteiger partial charge in [-0.15, -0.1) is 0 Å². The maximum Gasteiger partial charge on any atom is 0.262 e. The highest BCUT2D eigenvalue weighted by atomic mass is 16.6. The number of hydrogen-bond acceptors (Lipinski definition) is 18. The van der Waals surface area contributed by atoms with Crippen LogP contribution in [0.4, 0.5) is 0 Å². The fourth-order valence-corrected chi connectivity index (χ4v) is 19.2. The molecule has 19 rings (SSSR count). The Morgan fingerprint density at radius 3 is 0.895 bits per heavy atom. The number of carbonyl (C=O) groups excluding carboxylic acids is 6. The molecule has 0 bridgehead atoms. The van der Waals surface area contributed by atoms with Crippen molar-refractivity contribution in [2.75, 3.05) is 131 Å². The zero-order chi connectivity index (χ0) is 77.6. The summed E-state index contributed by atoms with van der Waals surface area (Å²) < 4.78 is 52.2. The first-order valence-corrected chi connectivity index (χ1v) is 41.6. The summed E-state index contributed by atoms with van der Waals surface area (Å²) >= 11 is 0. The number of amides is 6. The minimum Gasteiger partial charge on any atom is -0.457 e. The Balaban J connectivity index is 0.796. The van der Waals surface area contributed by atoms with E-state index < -0.39 is 35.7 Å². The van der Waals surface area contributed by atoms with Gasteiger partial charge in [-0.2, -0.15) is 0 Å². The fraction of sp³-hybridized carbons (Fsp3) is 0.457. The molecule has 6 saturated heterocycles. The van der Waals surface area contributed by atoms with Gasteiger partial charge in [0.15, 0.2) is 0 Å². The van der Waals surface area contributed by atoms with E-state index in [0.717, 1.165) is 140 Å². The number of benzene rings is 9. The van der Waals surface area contributed by atoms with E-state index in [1.165, 1.54) is 9.80 Å². The average Bonchev–Trinajstić information content (AvgIpc) is 1.25. The second-order valence-electron chi connectivity index (χ2n) is 33.7. The summed E-state index contributed by atoms with van der Waals surface area (Å²) in [6.07, 6.45) is 8.87. The van der Waals surface area contributed by atoms with Crippen LogP contribution in [0.25, 0.3) is 43.1 Å². The molecule has 0 aromatic heterocycles. The molecule has 6 atom stereocenters. The van der Waals surface area contributed by atoms with E-state index in [1.807, 2.05) is 135 Å². The van der Waals surface area contributed by atoms with Crippen molar-refractivity contribution >= 4 is 78.5 Å². The molecule has 0 spiro atoms. The van der Waals surface area contributed by atoms with E-state index in [4.69, 9.17) is 37.9 Å². The van der Waals surface area contributed by atoms with Gasteiger partial charge < -0.3 is 47.7 Å². The number of imide groups is 2. The van der Waals surface area contributed by atoms with E-state index in [-0.39, 0.29) is 93.3 Å². The van der Waals surface area contributed by atoms with Gasteiger partial charge in [0.05, 0.1) is 73.1 Å². The third-order valence-corrected chi connectivity index (χ3v) is 25.4. The second kappa shape index (κ2) is 31.2. The van der Waals surface area contributed by atoms with E-state index in [0.29, 0.717) is 144 Å². The predicted molar refractivity (Wildman–Crippen MR) is 432 cm³/mol. The summed E-state index contributed by atoms with van der Waals surface area (Å²) in [7, 11) is 0. The standard InChI is InChI=1S/C92H100N8O14/c1-55-15-11-23-61(39-55)111-73-43-69-77-70(88(102)99(87(69)101)85(59-19-7-5-8-20-59)91(105)97-35-31-93(32-36-97)27-29-95(47-65-51-107-65)48-66-52-108-66)45-75(113-63-25-13-17-57(3)41-63)81-82-76(114-64-26-14-18-58(4)42-64)46-72-78-71(44-74(80(84(78)82)79(73)83(77)81)112-62-24-12-16-56(2)40-62)89(103)100(90(72)104)86(60-21-9-6-10-22-60)92(106)98-37-33-94(34-38-98)28-30-96(49-67-53-109-67)50-68-54-110-68/h11-18,23-26,39-46,59-60,65-68,85-86H,5-10,19-22,27-38,47-54H2,1-4H3. The van der Waals surface area contributed by atoms with Crippen molar-refractivity contribution in [3.63, 3.8) is 0 Å². The van der Waals surface area contributed by atoms with Gasteiger partial charge in [0.2, 0.25) is 11.8 Å². The molecule has 8 aliphatic heterocycles. The SMILES string of the molecule is Cc1cccc(Oc2cc3c4c(cc(Oc5cccc(C)c5)c5c6c(Oc7cccc(C)c7)cc7c8c(cc(Oc9cccc(C)c9)c(c2c45)c86)C(=O)N(C(C(=O)N2CCN(CCN(CC4CO4)CC4CO4)CC2)C2CCCCC2)C7=O)C(=O)N(C(C(=O)N2CCN(CCN(CC4CO4)CC4CO4)CC2)C2CCCCC2)C3=O)c1. The van der Waals surface area contributed by atoms with Gasteiger partial charge in [0.25, 0.3) is 23.6 Å². The monoisotopic (exact) mass is 1540 g/mol. The highest BCUT2D eigenvalue weighted by Gasteiger charge is 2.51. The zero-order valence-electron chi connectivity index (χ0n) is 65.7. The molecule has 0 radical (unpaired) electrons. The topological polar surface area (TPSA) is 215 Å². The summed E-state index contributed by atoms with van der Waals surface area (Å²) in [5, 5.41) is 2.90. The molecule has 8 fully saturated rings. The molecular formula is C92H100N8O14. The van der Waals surface area contributed by atoms with Crippen molar-refractivity contribution in [3.8, 4) is 46.0 Å². The van der Waals surface area contributed by atoms with Crippen LogP contribution in [0.15, 0.2) is 121 Å². The fourth-order valence-electron chi connectivity index (χ4n) is 19.2. The number of piperazine rings is 2. The van der Waals surface area contributed by atoms with Gasteiger partial charge in [-0.3, -0.25) is 58.2 Å². The first-order valence-electron chi connectivity index (χ1n) is 41.6.